The minimum Gasteiger partial charge on any atom is -0.327 e. The number of piperidine rings is 1. The number of urea groups is 1. The van der Waals surface area contributed by atoms with Gasteiger partial charge < -0.3 is 14.7 Å². The molecular formula is C11H21N3O. The number of rotatable bonds is 0. The van der Waals surface area contributed by atoms with Gasteiger partial charge in [0.2, 0.25) is 0 Å². The van der Waals surface area contributed by atoms with E-state index in [0.29, 0.717) is 6.04 Å². The van der Waals surface area contributed by atoms with Gasteiger partial charge in [-0.3, -0.25) is 0 Å². The van der Waals surface area contributed by atoms with Crippen LogP contribution in [0.25, 0.3) is 0 Å². The van der Waals surface area contributed by atoms with Gasteiger partial charge in [0, 0.05) is 38.6 Å². The molecule has 2 rings (SSSR count). The number of carbonyl (C=O) groups excluding carboxylic acids is 1. The molecule has 0 radical (unpaired) electrons. The molecule has 0 aliphatic carbocycles. The monoisotopic (exact) mass is 211 g/mol. The lowest BCUT2D eigenvalue weighted by atomic mass is 9.75. The van der Waals surface area contributed by atoms with Crippen LogP contribution in [-0.2, 0) is 0 Å². The van der Waals surface area contributed by atoms with Gasteiger partial charge >= 0.3 is 6.03 Å². The van der Waals surface area contributed by atoms with Gasteiger partial charge in [0.1, 0.15) is 0 Å². The molecule has 2 amide bonds. The first kappa shape index (κ1) is 10.7. The smallest absolute Gasteiger partial charge is 0.319 e. The summed E-state index contributed by atoms with van der Waals surface area (Å²) in [7, 11) is 6.00. The molecule has 2 unspecified atom stereocenters. The Labute approximate surface area is 91.8 Å². The quantitative estimate of drug-likeness (QED) is 0.589. The Balaban J connectivity index is 2.24. The molecule has 0 aromatic carbocycles. The van der Waals surface area contributed by atoms with Crippen molar-refractivity contribution in [2.24, 2.45) is 5.41 Å². The predicted molar refractivity (Wildman–Crippen MR) is 59.8 cm³/mol. The zero-order valence-electron chi connectivity index (χ0n) is 10.2. The van der Waals surface area contributed by atoms with Crippen LogP contribution in [0, 0.1) is 5.41 Å². The molecule has 86 valence electrons. The van der Waals surface area contributed by atoms with Crippen molar-refractivity contribution in [2.45, 2.75) is 19.4 Å². The third-order valence-electron chi connectivity index (χ3n) is 3.91. The van der Waals surface area contributed by atoms with Gasteiger partial charge in [0.25, 0.3) is 0 Å². The molecule has 2 heterocycles. The first-order chi connectivity index (χ1) is 6.94. The van der Waals surface area contributed by atoms with Crippen molar-refractivity contribution in [1.82, 2.24) is 14.7 Å². The maximum atomic E-state index is 11.8. The molecule has 0 aromatic rings. The van der Waals surface area contributed by atoms with Crippen molar-refractivity contribution in [3.63, 3.8) is 0 Å². The SMILES string of the molecule is CN1CCC2N(C)C(=O)N(C)CC2(C)C1. The Morgan fingerprint density at radius 1 is 1.27 bits per heavy atom. The van der Waals surface area contributed by atoms with E-state index in [1.807, 2.05) is 23.9 Å². The number of fused-ring (bicyclic) bond motifs is 1. The van der Waals surface area contributed by atoms with E-state index >= 15 is 0 Å². The molecule has 15 heavy (non-hydrogen) atoms. The van der Waals surface area contributed by atoms with E-state index in [0.717, 1.165) is 26.1 Å². The molecule has 0 bridgehead atoms. The lowest BCUT2D eigenvalue weighted by Crippen LogP contribution is -2.66. The number of hydrogen-bond donors (Lipinski definition) is 0. The van der Waals surface area contributed by atoms with E-state index in [9.17, 15) is 4.79 Å². The van der Waals surface area contributed by atoms with Gasteiger partial charge in [-0.1, -0.05) is 6.92 Å². The van der Waals surface area contributed by atoms with Crippen molar-refractivity contribution in [3.05, 3.63) is 0 Å². The molecule has 2 fully saturated rings. The van der Waals surface area contributed by atoms with E-state index < -0.39 is 0 Å². The van der Waals surface area contributed by atoms with Gasteiger partial charge in [0.05, 0.1) is 0 Å². The van der Waals surface area contributed by atoms with Crippen LogP contribution in [-0.4, -0.2) is 67.5 Å². The van der Waals surface area contributed by atoms with Crippen molar-refractivity contribution in [3.8, 4) is 0 Å². The topological polar surface area (TPSA) is 26.8 Å². The van der Waals surface area contributed by atoms with Crippen LogP contribution in [0.2, 0.25) is 0 Å². The van der Waals surface area contributed by atoms with Gasteiger partial charge in [-0.15, -0.1) is 0 Å². The second kappa shape index (κ2) is 3.37. The van der Waals surface area contributed by atoms with Crippen molar-refractivity contribution < 1.29 is 4.79 Å². The van der Waals surface area contributed by atoms with Crippen molar-refractivity contribution in [2.75, 3.05) is 40.8 Å². The lowest BCUT2D eigenvalue weighted by molar-refractivity contribution is -0.0197. The number of amides is 2. The third kappa shape index (κ3) is 1.61. The van der Waals surface area contributed by atoms with Crippen LogP contribution >= 0.6 is 0 Å². The van der Waals surface area contributed by atoms with Crippen LogP contribution in [0.1, 0.15) is 13.3 Å². The lowest BCUT2D eigenvalue weighted by Gasteiger charge is -2.54. The average molecular weight is 211 g/mol. The van der Waals surface area contributed by atoms with E-state index in [4.69, 9.17) is 0 Å². The van der Waals surface area contributed by atoms with Crippen LogP contribution in [0.4, 0.5) is 4.79 Å². The number of hydrogen-bond acceptors (Lipinski definition) is 2. The fourth-order valence-electron chi connectivity index (χ4n) is 3.32. The molecular weight excluding hydrogens is 190 g/mol. The number of likely N-dealkylation sites (tertiary alicyclic amines) is 1. The van der Waals surface area contributed by atoms with Crippen molar-refractivity contribution in [1.29, 1.82) is 0 Å². The molecule has 4 heteroatoms. The van der Waals surface area contributed by atoms with E-state index in [1.54, 1.807) is 0 Å². The molecule has 0 N–H and O–H groups in total. The Kier molecular flexibility index (Phi) is 2.41. The van der Waals surface area contributed by atoms with Gasteiger partial charge in [-0.2, -0.15) is 0 Å². The summed E-state index contributed by atoms with van der Waals surface area (Å²) < 4.78 is 0. The van der Waals surface area contributed by atoms with Crippen LogP contribution < -0.4 is 0 Å². The van der Waals surface area contributed by atoms with E-state index in [1.165, 1.54) is 0 Å². The first-order valence-corrected chi connectivity index (χ1v) is 5.60. The summed E-state index contributed by atoms with van der Waals surface area (Å²) in [5, 5.41) is 0. The summed E-state index contributed by atoms with van der Waals surface area (Å²) >= 11 is 0. The second-order valence-electron chi connectivity index (χ2n) is 5.45. The van der Waals surface area contributed by atoms with E-state index in [2.05, 4.69) is 18.9 Å². The molecule has 0 aromatic heterocycles. The highest BCUT2D eigenvalue weighted by molar-refractivity contribution is 5.75. The third-order valence-corrected chi connectivity index (χ3v) is 3.91. The fraction of sp³-hybridized carbons (Fsp3) is 0.909. The van der Waals surface area contributed by atoms with Gasteiger partial charge in [0.15, 0.2) is 0 Å². The van der Waals surface area contributed by atoms with Crippen LogP contribution in [0.5, 0.6) is 0 Å². The Hall–Kier alpha value is -0.770. The van der Waals surface area contributed by atoms with Gasteiger partial charge in [-0.25, -0.2) is 4.79 Å². The molecule has 0 spiro atoms. The van der Waals surface area contributed by atoms with Crippen LogP contribution in [0.15, 0.2) is 0 Å². The summed E-state index contributed by atoms with van der Waals surface area (Å²) in [6.07, 6.45) is 1.10. The summed E-state index contributed by atoms with van der Waals surface area (Å²) in [5.74, 6) is 0. The zero-order valence-corrected chi connectivity index (χ0v) is 10.2. The molecule has 0 saturated carbocycles. The Bertz CT molecular complexity index is 281. The van der Waals surface area contributed by atoms with E-state index in [-0.39, 0.29) is 11.4 Å². The fourth-order valence-corrected chi connectivity index (χ4v) is 3.32. The number of carbonyl (C=O) groups is 1. The molecule has 4 nitrogen and oxygen atoms in total. The summed E-state index contributed by atoms with van der Waals surface area (Å²) in [6.45, 7) is 5.36. The summed E-state index contributed by atoms with van der Waals surface area (Å²) in [6, 6.07) is 0.583. The normalized spacial score (nSPS) is 38.1. The largest absolute Gasteiger partial charge is 0.327 e. The van der Waals surface area contributed by atoms with Crippen molar-refractivity contribution >= 4 is 6.03 Å². The van der Waals surface area contributed by atoms with Gasteiger partial charge in [-0.05, 0) is 20.0 Å². The number of nitrogens with zero attached hydrogens (tertiary/aromatic N) is 3. The minimum absolute atomic E-state index is 0.169. The minimum atomic E-state index is 0.169. The predicted octanol–water partition coefficient (Wildman–Crippen LogP) is 0.694. The highest BCUT2D eigenvalue weighted by atomic mass is 16.2. The maximum absolute atomic E-state index is 11.8. The van der Waals surface area contributed by atoms with Crippen LogP contribution in [0.3, 0.4) is 0 Å². The molecule has 2 aliphatic heterocycles. The molecule has 2 atom stereocenters. The average Bonchev–Trinajstić information content (AvgIpc) is 2.13. The standard InChI is InChI=1S/C11H21N3O/c1-11-7-12(2)6-5-9(11)14(4)10(15)13(3)8-11/h9H,5-8H2,1-4H3. The highest BCUT2D eigenvalue weighted by Gasteiger charge is 2.47. The highest BCUT2D eigenvalue weighted by Crippen LogP contribution is 2.36. The first-order valence-electron chi connectivity index (χ1n) is 5.60. The zero-order chi connectivity index (χ0) is 11.2. The summed E-state index contributed by atoms with van der Waals surface area (Å²) in [4.78, 5) is 18.0. The molecule has 2 aliphatic rings. The Morgan fingerprint density at radius 2 is 1.93 bits per heavy atom. The maximum Gasteiger partial charge on any atom is 0.319 e. The Morgan fingerprint density at radius 3 is 2.60 bits per heavy atom. The second-order valence-corrected chi connectivity index (χ2v) is 5.45. The summed E-state index contributed by atoms with van der Waals surface area (Å²) in [5.41, 5.74) is 0.227. The molecule has 2 saturated heterocycles.